The number of rotatable bonds is 3. The van der Waals surface area contributed by atoms with Gasteiger partial charge in [0, 0.05) is 24.7 Å². The summed E-state index contributed by atoms with van der Waals surface area (Å²) in [6.07, 6.45) is 11.1. The summed E-state index contributed by atoms with van der Waals surface area (Å²) >= 11 is 0. The second-order valence-corrected chi connectivity index (χ2v) is 6.88. The summed E-state index contributed by atoms with van der Waals surface area (Å²) in [6, 6.07) is 2.21. The van der Waals surface area contributed by atoms with Crippen molar-refractivity contribution >= 4 is 0 Å². The topological polar surface area (TPSA) is 35.5 Å². The highest BCUT2D eigenvalue weighted by molar-refractivity contribution is 4.95. The molecular weight excluding hydrogens is 224 g/mol. The summed E-state index contributed by atoms with van der Waals surface area (Å²) in [7, 11) is 2.30. The Morgan fingerprint density at radius 2 is 1.72 bits per heavy atom. The van der Waals surface area contributed by atoms with Crippen LogP contribution in [0.1, 0.15) is 57.8 Å². The van der Waals surface area contributed by atoms with Gasteiger partial charge in [0.25, 0.3) is 0 Å². The minimum atomic E-state index is -0.390. The molecule has 18 heavy (non-hydrogen) atoms. The Hall–Kier alpha value is -0.120. The smallest absolute Gasteiger partial charge is 0.0771 e. The SMILES string of the molecule is CN1C2CCCC1CC(NCC1(O)CCCC1)C2. The third-order valence-electron chi connectivity index (χ3n) is 5.59. The molecule has 0 aromatic rings. The van der Waals surface area contributed by atoms with Crippen LogP contribution >= 0.6 is 0 Å². The molecule has 104 valence electrons. The van der Waals surface area contributed by atoms with Crippen LogP contribution in [0.15, 0.2) is 0 Å². The Morgan fingerprint density at radius 1 is 1.11 bits per heavy atom. The van der Waals surface area contributed by atoms with Gasteiger partial charge in [-0.25, -0.2) is 0 Å². The molecule has 2 saturated heterocycles. The number of fused-ring (bicyclic) bond motifs is 2. The summed E-state index contributed by atoms with van der Waals surface area (Å²) in [6.45, 7) is 0.820. The van der Waals surface area contributed by atoms with Crippen LogP contribution in [0.25, 0.3) is 0 Å². The lowest BCUT2D eigenvalue weighted by molar-refractivity contribution is 0.0219. The van der Waals surface area contributed by atoms with E-state index in [-0.39, 0.29) is 0 Å². The van der Waals surface area contributed by atoms with Gasteiger partial charge < -0.3 is 15.3 Å². The van der Waals surface area contributed by atoms with E-state index in [0.29, 0.717) is 6.04 Å². The number of nitrogens with one attached hydrogen (secondary N) is 1. The van der Waals surface area contributed by atoms with Crippen LogP contribution in [0, 0.1) is 0 Å². The quantitative estimate of drug-likeness (QED) is 0.805. The van der Waals surface area contributed by atoms with Crippen LogP contribution < -0.4 is 5.32 Å². The zero-order chi connectivity index (χ0) is 12.6. The van der Waals surface area contributed by atoms with E-state index >= 15 is 0 Å². The molecule has 3 fully saturated rings. The first-order valence-corrected chi connectivity index (χ1v) is 7.84. The standard InChI is InChI=1S/C15H28N2O/c1-17-13-5-4-6-14(17)10-12(9-13)16-11-15(18)7-2-3-8-15/h12-14,16,18H,2-11H2,1H3. The Morgan fingerprint density at radius 3 is 2.33 bits per heavy atom. The molecule has 3 rings (SSSR count). The van der Waals surface area contributed by atoms with Crippen molar-refractivity contribution in [3.05, 3.63) is 0 Å². The van der Waals surface area contributed by atoms with Gasteiger partial charge in [-0.3, -0.25) is 0 Å². The average molecular weight is 252 g/mol. The zero-order valence-corrected chi connectivity index (χ0v) is 11.7. The minimum Gasteiger partial charge on any atom is -0.389 e. The molecule has 0 aromatic heterocycles. The molecule has 3 heteroatoms. The molecule has 2 heterocycles. The number of aliphatic hydroxyl groups is 1. The van der Waals surface area contributed by atoms with E-state index in [4.69, 9.17) is 0 Å². The molecule has 3 aliphatic rings. The first-order chi connectivity index (χ1) is 8.66. The predicted octanol–water partition coefficient (Wildman–Crippen LogP) is 1.90. The number of nitrogens with zero attached hydrogens (tertiary/aromatic N) is 1. The van der Waals surface area contributed by atoms with Crippen LogP contribution in [0.3, 0.4) is 0 Å². The van der Waals surface area contributed by atoms with Crippen molar-refractivity contribution in [1.29, 1.82) is 0 Å². The van der Waals surface area contributed by atoms with Gasteiger partial charge in [0.1, 0.15) is 0 Å². The third kappa shape index (κ3) is 2.59. The average Bonchev–Trinajstić information content (AvgIpc) is 2.75. The monoisotopic (exact) mass is 252 g/mol. The lowest BCUT2D eigenvalue weighted by Gasteiger charge is -2.47. The van der Waals surface area contributed by atoms with E-state index in [9.17, 15) is 5.11 Å². The Labute approximate surface area is 111 Å². The van der Waals surface area contributed by atoms with Gasteiger partial charge in [-0.15, -0.1) is 0 Å². The summed E-state index contributed by atoms with van der Waals surface area (Å²) < 4.78 is 0. The van der Waals surface area contributed by atoms with Gasteiger partial charge in [-0.1, -0.05) is 19.3 Å². The first-order valence-electron chi connectivity index (χ1n) is 7.84. The van der Waals surface area contributed by atoms with Gasteiger partial charge in [0.15, 0.2) is 0 Å². The van der Waals surface area contributed by atoms with Crippen molar-refractivity contribution in [2.24, 2.45) is 0 Å². The third-order valence-corrected chi connectivity index (χ3v) is 5.59. The lowest BCUT2D eigenvalue weighted by Crippen LogP contribution is -2.56. The largest absolute Gasteiger partial charge is 0.389 e. The van der Waals surface area contributed by atoms with Crippen molar-refractivity contribution in [3.63, 3.8) is 0 Å². The molecule has 2 atom stereocenters. The number of hydrogen-bond donors (Lipinski definition) is 2. The van der Waals surface area contributed by atoms with Gasteiger partial charge in [0.2, 0.25) is 0 Å². The second-order valence-electron chi connectivity index (χ2n) is 6.88. The fourth-order valence-corrected chi connectivity index (χ4v) is 4.33. The Bertz CT molecular complexity index is 274. The molecule has 0 amide bonds. The highest BCUT2D eigenvalue weighted by Gasteiger charge is 2.37. The maximum Gasteiger partial charge on any atom is 0.0771 e. The van der Waals surface area contributed by atoms with Crippen LogP contribution in [0.4, 0.5) is 0 Å². The molecule has 3 nitrogen and oxygen atoms in total. The van der Waals surface area contributed by atoms with E-state index in [0.717, 1.165) is 31.5 Å². The highest BCUT2D eigenvalue weighted by atomic mass is 16.3. The van der Waals surface area contributed by atoms with E-state index in [1.54, 1.807) is 0 Å². The van der Waals surface area contributed by atoms with Crippen LogP contribution in [-0.4, -0.2) is 47.3 Å². The second kappa shape index (κ2) is 5.10. The molecule has 2 aliphatic heterocycles. The fourth-order valence-electron chi connectivity index (χ4n) is 4.33. The van der Waals surface area contributed by atoms with E-state index < -0.39 is 5.60 Å². The normalized spacial score (nSPS) is 40.0. The summed E-state index contributed by atoms with van der Waals surface area (Å²) in [5.41, 5.74) is -0.390. The highest BCUT2D eigenvalue weighted by Crippen LogP contribution is 2.33. The zero-order valence-electron chi connectivity index (χ0n) is 11.7. The van der Waals surface area contributed by atoms with E-state index in [2.05, 4.69) is 17.3 Å². The van der Waals surface area contributed by atoms with E-state index in [1.807, 2.05) is 0 Å². The molecule has 2 unspecified atom stereocenters. The fraction of sp³-hybridized carbons (Fsp3) is 1.00. The lowest BCUT2D eigenvalue weighted by atomic mass is 9.82. The predicted molar refractivity (Wildman–Crippen MR) is 73.6 cm³/mol. The first kappa shape index (κ1) is 12.9. The summed E-state index contributed by atoms with van der Waals surface area (Å²) in [4.78, 5) is 2.60. The number of piperidine rings is 2. The van der Waals surface area contributed by atoms with Crippen LogP contribution in [0.5, 0.6) is 0 Å². The maximum atomic E-state index is 10.4. The van der Waals surface area contributed by atoms with Gasteiger partial charge >= 0.3 is 0 Å². The Balaban J connectivity index is 1.52. The molecule has 0 radical (unpaired) electrons. The summed E-state index contributed by atoms with van der Waals surface area (Å²) in [5.74, 6) is 0. The molecule has 1 aliphatic carbocycles. The molecule has 2 bridgehead atoms. The minimum absolute atomic E-state index is 0.390. The van der Waals surface area contributed by atoms with Crippen molar-refractivity contribution < 1.29 is 5.11 Å². The molecule has 0 spiro atoms. The van der Waals surface area contributed by atoms with Gasteiger partial charge in [0.05, 0.1) is 5.60 Å². The molecule has 1 saturated carbocycles. The van der Waals surface area contributed by atoms with Crippen molar-refractivity contribution in [1.82, 2.24) is 10.2 Å². The molecule has 0 aromatic carbocycles. The maximum absolute atomic E-state index is 10.4. The molecular formula is C15H28N2O. The van der Waals surface area contributed by atoms with Crippen LogP contribution in [0.2, 0.25) is 0 Å². The van der Waals surface area contributed by atoms with Crippen molar-refractivity contribution in [3.8, 4) is 0 Å². The Kier molecular flexibility index (Phi) is 3.65. The summed E-state index contributed by atoms with van der Waals surface area (Å²) in [5, 5.41) is 14.1. The van der Waals surface area contributed by atoms with Gasteiger partial charge in [-0.2, -0.15) is 0 Å². The van der Waals surface area contributed by atoms with Crippen molar-refractivity contribution in [2.45, 2.75) is 81.5 Å². The van der Waals surface area contributed by atoms with Crippen molar-refractivity contribution in [2.75, 3.05) is 13.6 Å². The van der Waals surface area contributed by atoms with E-state index in [1.165, 1.54) is 44.9 Å². The molecule has 2 N–H and O–H groups in total. The number of hydrogen-bond acceptors (Lipinski definition) is 3. The van der Waals surface area contributed by atoms with Gasteiger partial charge in [-0.05, 0) is 45.6 Å². The van der Waals surface area contributed by atoms with Crippen LogP contribution in [-0.2, 0) is 0 Å².